The summed E-state index contributed by atoms with van der Waals surface area (Å²) in [7, 11) is 0. The van der Waals surface area contributed by atoms with Gasteiger partial charge in [-0.25, -0.2) is 0 Å². The summed E-state index contributed by atoms with van der Waals surface area (Å²) in [5.74, 6) is -0.825. The molecule has 2 amide bonds. The Morgan fingerprint density at radius 3 is 2.41 bits per heavy atom. The number of primary amides is 1. The highest BCUT2D eigenvalue weighted by Crippen LogP contribution is 2.23. The maximum Gasteiger partial charge on any atom is 0.262 e. The highest BCUT2D eigenvalue weighted by molar-refractivity contribution is 6.30. The summed E-state index contributed by atoms with van der Waals surface area (Å²) in [6.07, 6.45) is 0. The first-order valence-corrected chi connectivity index (χ1v) is 9.08. The molecule has 0 aliphatic rings. The third-order valence-corrected chi connectivity index (χ3v) is 4.25. The Hall–Kier alpha value is -2.73. The molecule has 0 aliphatic heterocycles. The second-order valence-corrected chi connectivity index (χ2v) is 6.70. The van der Waals surface area contributed by atoms with Crippen LogP contribution in [0, 0.1) is 0 Å². The molecule has 0 fully saturated rings. The van der Waals surface area contributed by atoms with Crippen molar-refractivity contribution in [3.63, 3.8) is 0 Å². The first kappa shape index (κ1) is 20.6. The molecule has 6 nitrogen and oxygen atoms in total. The average Bonchev–Trinajstić information content (AvgIpc) is 2.61. The monoisotopic (exact) mass is 389 g/mol. The largest absolute Gasteiger partial charge is 0.483 e. The Balaban J connectivity index is 1.99. The molecule has 0 saturated heterocycles. The van der Waals surface area contributed by atoms with Crippen LogP contribution in [0.2, 0.25) is 5.02 Å². The van der Waals surface area contributed by atoms with Crippen LogP contribution in [0.5, 0.6) is 5.75 Å². The van der Waals surface area contributed by atoms with Crippen LogP contribution in [-0.4, -0.2) is 31.0 Å². The van der Waals surface area contributed by atoms with Gasteiger partial charge in [0.25, 0.3) is 11.8 Å². The Kier molecular flexibility index (Phi) is 7.07. The lowest BCUT2D eigenvalue weighted by atomic mass is 10.2. The second-order valence-electron chi connectivity index (χ2n) is 6.27. The van der Waals surface area contributed by atoms with Crippen molar-refractivity contribution < 1.29 is 14.3 Å². The highest BCUT2D eigenvalue weighted by Gasteiger charge is 2.13. The van der Waals surface area contributed by atoms with Gasteiger partial charge in [0.2, 0.25) is 0 Å². The van der Waals surface area contributed by atoms with Gasteiger partial charge >= 0.3 is 0 Å². The molecule has 0 atom stereocenters. The molecular formula is C20H24ClN3O3. The van der Waals surface area contributed by atoms with E-state index in [4.69, 9.17) is 22.1 Å². The SMILES string of the molecule is CCN(c1ccc(NC(=O)COc2cc(Cl)ccc2C(N)=O)cc1)C(C)C. The smallest absolute Gasteiger partial charge is 0.262 e. The fourth-order valence-electron chi connectivity index (χ4n) is 2.74. The van der Waals surface area contributed by atoms with E-state index in [-0.39, 0.29) is 23.8 Å². The minimum Gasteiger partial charge on any atom is -0.483 e. The zero-order valence-electron chi connectivity index (χ0n) is 15.7. The van der Waals surface area contributed by atoms with E-state index < -0.39 is 5.91 Å². The number of carbonyl (C=O) groups is 2. The molecule has 0 bridgehead atoms. The number of carbonyl (C=O) groups excluding carboxylic acids is 2. The molecule has 144 valence electrons. The topological polar surface area (TPSA) is 84.7 Å². The van der Waals surface area contributed by atoms with Gasteiger partial charge in [-0.3, -0.25) is 9.59 Å². The van der Waals surface area contributed by atoms with Crippen LogP contribution in [0.15, 0.2) is 42.5 Å². The molecule has 7 heteroatoms. The first-order chi connectivity index (χ1) is 12.8. The van der Waals surface area contributed by atoms with Gasteiger partial charge in [0.1, 0.15) is 5.75 Å². The van der Waals surface area contributed by atoms with Gasteiger partial charge in [0, 0.05) is 29.0 Å². The van der Waals surface area contributed by atoms with Crippen molar-refractivity contribution in [2.45, 2.75) is 26.8 Å². The third kappa shape index (κ3) is 5.62. The number of rotatable bonds is 8. The molecule has 0 saturated carbocycles. The fourth-order valence-corrected chi connectivity index (χ4v) is 2.90. The van der Waals surface area contributed by atoms with Crippen molar-refractivity contribution in [1.29, 1.82) is 0 Å². The van der Waals surface area contributed by atoms with Crippen molar-refractivity contribution in [3.8, 4) is 5.75 Å². The lowest BCUT2D eigenvalue weighted by molar-refractivity contribution is -0.118. The van der Waals surface area contributed by atoms with Crippen molar-refractivity contribution >= 4 is 34.8 Å². The number of hydrogen-bond donors (Lipinski definition) is 2. The second kappa shape index (κ2) is 9.28. The summed E-state index contributed by atoms with van der Waals surface area (Å²) in [5.41, 5.74) is 7.22. The fraction of sp³-hybridized carbons (Fsp3) is 0.300. The van der Waals surface area contributed by atoms with Crippen LogP contribution in [-0.2, 0) is 4.79 Å². The molecule has 2 aromatic rings. The van der Waals surface area contributed by atoms with Gasteiger partial charge in [-0.15, -0.1) is 0 Å². The molecule has 3 N–H and O–H groups in total. The zero-order valence-corrected chi connectivity index (χ0v) is 16.4. The van der Waals surface area contributed by atoms with E-state index >= 15 is 0 Å². The summed E-state index contributed by atoms with van der Waals surface area (Å²) >= 11 is 5.90. The lowest BCUT2D eigenvalue weighted by Gasteiger charge is -2.27. The normalized spacial score (nSPS) is 10.6. The minimum atomic E-state index is -0.650. The third-order valence-electron chi connectivity index (χ3n) is 4.01. The Bertz CT molecular complexity index is 807. The number of hydrogen-bond acceptors (Lipinski definition) is 4. The summed E-state index contributed by atoms with van der Waals surface area (Å²) in [4.78, 5) is 25.8. The molecule has 0 unspecified atom stereocenters. The number of anilines is 2. The minimum absolute atomic E-state index is 0.171. The zero-order chi connectivity index (χ0) is 20.0. The Morgan fingerprint density at radius 1 is 1.19 bits per heavy atom. The van der Waals surface area contributed by atoms with Gasteiger partial charge in [0.15, 0.2) is 6.61 Å². The molecule has 2 rings (SSSR count). The summed E-state index contributed by atoms with van der Waals surface area (Å²) < 4.78 is 5.42. The Morgan fingerprint density at radius 2 is 1.85 bits per heavy atom. The maximum atomic E-state index is 12.1. The Labute approximate surface area is 164 Å². The van der Waals surface area contributed by atoms with Crippen LogP contribution < -0.4 is 20.7 Å². The van der Waals surface area contributed by atoms with Gasteiger partial charge in [-0.2, -0.15) is 0 Å². The van der Waals surface area contributed by atoms with Crippen LogP contribution in [0.3, 0.4) is 0 Å². The van der Waals surface area contributed by atoms with Gasteiger partial charge in [0.05, 0.1) is 5.56 Å². The van der Waals surface area contributed by atoms with Crippen molar-refractivity contribution in [1.82, 2.24) is 0 Å². The standard InChI is InChI=1S/C20H24ClN3O3/c1-4-24(13(2)3)16-8-6-15(7-9-16)23-19(25)12-27-18-11-14(21)5-10-17(18)20(22)26/h5-11,13H,4,12H2,1-3H3,(H2,22,26)(H,23,25). The maximum absolute atomic E-state index is 12.1. The number of amides is 2. The lowest BCUT2D eigenvalue weighted by Crippen LogP contribution is -2.30. The first-order valence-electron chi connectivity index (χ1n) is 8.70. The van der Waals surface area contributed by atoms with E-state index in [1.54, 1.807) is 0 Å². The highest BCUT2D eigenvalue weighted by atomic mass is 35.5. The predicted molar refractivity (Wildman–Crippen MR) is 109 cm³/mol. The average molecular weight is 390 g/mol. The number of nitrogens with zero attached hydrogens (tertiary/aromatic N) is 1. The number of nitrogens with two attached hydrogens (primary N) is 1. The number of nitrogens with one attached hydrogen (secondary N) is 1. The van der Waals surface area contributed by atoms with Gasteiger partial charge in [-0.05, 0) is 63.2 Å². The number of benzene rings is 2. The molecule has 0 aromatic heterocycles. The van der Waals surface area contributed by atoms with E-state index in [1.807, 2.05) is 24.3 Å². The van der Waals surface area contributed by atoms with E-state index in [0.29, 0.717) is 16.8 Å². The van der Waals surface area contributed by atoms with Crippen molar-refractivity contribution in [3.05, 3.63) is 53.1 Å². The quantitative estimate of drug-likeness (QED) is 0.721. The molecule has 0 radical (unpaired) electrons. The van der Waals surface area contributed by atoms with E-state index in [1.165, 1.54) is 18.2 Å². The van der Waals surface area contributed by atoms with Crippen LogP contribution in [0.4, 0.5) is 11.4 Å². The van der Waals surface area contributed by atoms with E-state index in [2.05, 4.69) is 31.0 Å². The van der Waals surface area contributed by atoms with E-state index in [9.17, 15) is 9.59 Å². The molecule has 0 heterocycles. The molecular weight excluding hydrogens is 366 g/mol. The van der Waals surface area contributed by atoms with E-state index in [0.717, 1.165) is 12.2 Å². The molecule has 0 spiro atoms. The van der Waals surface area contributed by atoms with Crippen LogP contribution >= 0.6 is 11.6 Å². The van der Waals surface area contributed by atoms with Crippen molar-refractivity contribution in [2.24, 2.45) is 5.73 Å². The summed E-state index contributed by atoms with van der Waals surface area (Å²) in [6.45, 7) is 7.00. The van der Waals surface area contributed by atoms with Crippen molar-refractivity contribution in [2.75, 3.05) is 23.4 Å². The van der Waals surface area contributed by atoms with Crippen LogP contribution in [0.25, 0.3) is 0 Å². The van der Waals surface area contributed by atoms with Crippen LogP contribution in [0.1, 0.15) is 31.1 Å². The number of halogens is 1. The number of ether oxygens (including phenoxy) is 1. The van der Waals surface area contributed by atoms with Gasteiger partial charge < -0.3 is 20.7 Å². The molecule has 2 aromatic carbocycles. The molecule has 27 heavy (non-hydrogen) atoms. The summed E-state index contributed by atoms with van der Waals surface area (Å²) in [5, 5.41) is 3.14. The summed E-state index contributed by atoms with van der Waals surface area (Å²) in [6, 6.07) is 12.4. The predicted octanol–water partition coefficient (Wildman–Crippen LogP) is 3.69. The molecule has 0 aliphatic carbocycles. The van der Waals surface area contributed by atoms with Gasteiger partial charge in [-0.1, -0.05) is 11.6 Å².